The van der Waals surface area contributed by atoms with Crippen LogP contribution in [0, 0.1) is 0 Å². The van der Waals surface area contributed by atoms with Crippen molar-refractivity contribution in [3.63, 3.8) is 0 Å². The molecule has 0 bridgehead atoms. The Morgan fingerprint density at radius 3 is 2.81 bits per heavy atom. The molecule has 0 spiro atoms. The number of hydrogen-bond acceptors (Lipinski definition) is 6. The average Bonchev–Trinajstić information content (AvgIpc) is 2.15. The number of hydrogen-bond donors (Lipinski definition) is 2. The van der Waals surface area contributed by atoms with Crippen LogP contribution in [0.25, 0.3) is 0 Å². The minimum absolute atomic E-state index is 0.0980. The van der Waals surface area contributed by atoms with Gasteiger partial charge in [-0.05, 0) is 31.4 Å². The summed E-state index contributed by atoms with van der Waals surface area (Å²) in [7, 11) is 0. The largest absolute Gasteiger partial charge is 0.464 e. The van der Waals surface area contributed by atoms with Crippen LogP contribution in [-0.4, -0.2) is 38.8 Å². The van der Waals surface area contributed by atoms with E-state index in [9.17, 15) is 0 Å². The number of aliphatic hydroxyl groups excluding tert-OH is 1. The molecular weight excluding hydrogens is 232 g/mol. The van der Waals surface area contributed by atoms with Crippen molar-refractivity contribution in [2.75, 3.05) is 11.9 Å². The number of rotatable bonds is 4. The van der Waals surface area contributed by atoms with E-state index in [0.717, 1.165) is 0 Å². The molecule has 1 aliphatic rings. The number of aromatic nitrogens is 3. The summed E-state index contributed by atoms with van der Waals surface area (Å²) in [5.41, 5.74) is 0. The molecule has 0 unspecified atom stereocenters. The van der Waals surface area contributed by atoms with E-state index in [2.05, 4.69) is 20.3 Å². The third-order valence-electron chi connectivity index (χ3n) is 2.31. The van der Waals surface area contributed by atoms with Gasteiger partial charge in [-0.3, -0.25) is 0 Å². The Balaban J connectivity index is 2.02. The Hall–Kier alpha value is -1.14. The van der Waals surface area contributed by atoms with E-state index >= 15 is 0 Å². The molecular formula is C9H13ClN4O2. The molecule has 1 saturated carbocycles. The van der Waals surface area contributed by atoms with Crippen LogP contribution >= 0.6 is 11.6 Å². The van der Waals surface area contributed by atoms with Crippen molar-refractivity contribution in [1.82, 2.24) is 15.0 Å². The Labute approximate surface area is 98.0 Å². The molecule has 88 valence electrons. The third kappa shape index (κ3) is 2.70. The topological polar surface area (TPSA) is 80.2 Å². The molecule has 2 rings (SSSR count). The minimum atomic E-state index is -0.221. The third-order valence-corrected chi connectivity index (χ3v) is 2.48. The number of nitrogens with one attached hydrogen (secondary N) is 1. The smallest absolute Gasteiger partial charge is 0.322 e. The second kappa shape index (κ2) is 4.80. The monoisotopic (exact) mass is 244 g/mol. The van der Waals surface area contributed by atoms with Crippen LogP contribution in [-0.2, 0) is 0 Å². The molecule has 6 nitrogen and oxygen atoms in total. The van der Waals surface area contributed by atoms with Crippen molar-refractivity contribution in [3.05, 3.63) is 5.28 Å². The zero-order valence-corrected chi connectivity index (χ0v) is 9.61. The van der Waals surface area contributed by atoms with E-state index < -0.39 is 0 Å². The van der Waals surface area contributed by atoms with Crippen molar-refractivity contribution >= 4 is 17.5 Å². The van der Waals surface area contributed by atoms with Crippen LogP contribution < -0.4 is 10.1 Å². The molecule has 2 N–H and O–H groups in total. The zero-order chi connectivity index (χ0) is 11.5. The molecule has 0 atom stereocenters. The van der Waals surface area contributed by atoms with Gasteiger partial charge in [0.25, 0.3) is 0 Å². The van der Waals surface area contributed by atoms with E-state index in [4.69, 9.17) is 21.4 Å². The first-order valence-corrected chi connectivity index (χ1v) is 5.54. The Morgan fingerprint density at radius 1 is 1.44 bits per heavy atom. The van der Waals surface area contributed by atoms with E-state index in [1.165, 1.54) is 0 Å². The van der Waals surface area contributed by atoms with E-state index in [1.54, 1.807) is 0 Å². The highest BCUT2D eigenvalue weighted by Gasteiger charge is 2.27. The summed E-state index contributed by atoms with van der Waals surface area (Å²) >= 11 is 5.73. The number of anilines is 1. The lowest BCUT2D eigenvalue weighted by Crippen LogP contribution is -2.39. The fraction of sp³-hybridized carbons (Fsp3) is 0.667. The molecule has 1 heterocycles. The number of halogens is 1. The van der Waals surface area contributed by atoms with E-state index in [-0.39, 0.29) is 23.4 Å². The lowest BCUT2D eigenvalue weighted by molar-refractivity contribution is 0.0834. The normalized spacial score (nSPS) is 23.7. The van der Waals surface area contributed by atoms with Gasteiger partial charge in [0.1, 0.15) is 0 Å². The first-order valence-electron chi connectivity index (χ1n) is 5.16. The lowest BCUT2D eigenvalue weighted by atomic mass is 9.90. The van der Waals surface area contributed by atoms with Gasteiger partial charge in [0.2, 0.25) is 11.2 Å². The van der Waals surface area contributed by atoms with Crippen LogP contribution in [0.4, 0.5) is 5.95 Å². The summed E-state index contributed by atoms with van der Waals surface area (Å²) in [6, 6.07) is 0.410. The predicted octanol–water partition coefficient (Wildman–Crippen LogP) is 0.859. The van der Waals surface area contributed by atoms with Crippen molar-refractivity contribution in [2.45, 2.75) is 31.9 Å². The van der Waals surface area contributed by atoms with Gasteiger partial charge in [0.05, 0.1) is 12.7 Å². The first kappa shape index (κ1) is 11.3. The summed E-state index contributed by atoms with van der Waals surface area (Å²) in [5.74, 6) is 0.389. The molecule has 1 fully saturated rings. The maximum absolute atomic E-state index is 9.15. The molecule has 0 aliphatic heterocycles. The van der Waals surface area contributed by atoms with Gasteiger partial charge < -0.3 is 15.2 Å². The average molecular weight is 245 g/mol. The van der Waals surface area contributed by atoms with Gasteiger partial charge in [-0.15, -0.1) is 0 Å². The fourth-order valence-electron chi connectivity index (χ4n) is 1.48. The maximum Gasteiger partial charge on any atom is 0.322 e. The zero-order valence-electron chi connectivity index (χ0n) is 8.85. The highest BCUT2D eigenvalue weighted by molar-refractivity contribution is 6.28. The maximum atomic E-state index is 9.15. The Morgan fingerprint density at radius 2 is 2.19 bits per heavy atom. The highest BCUT2D eigenvalue weighted by Crippen LogP contribution is 2.23. The molecule has 1 aromatic heterocycles. The summed E-state index contributed by atoms with van der Waals surface area (Å²) in [6.07, 6.45) is 1.18. The van der Waals surface area contributed by atoms with Crippen molar-refractivity contribution < 1.29 is 9.84 Å². The highest BCUT2D eigenvalue weighted by atomic mass is 35.5. The van der Waals surface area contributed by atoms with Gasteiger partial charge in [-0.2, -0.15) is 15.0 Å². The molecule has 0 aromatic carbocycles. The molecule has 0 saturated heterocycles. The Bertz CT molecular complexity index is 371. The van der Waals surface area contributed by atoms with Gasteiger partial charge >= 0.3 is 6.01 Å². The number of nitrogens with zero attached hydrogens (tertiary/aromatic N) is 3. The van der Waals surface area contributed by atoms with Crippen molar-refractivity contribution in [3.8, 4) is 6.01 Å². The minimum Gasteiger partial charge on any atom is -0.464 e. The van der Waals surface area contributed by atoms with E-state index in [0.29, 0.717) is 25.4 Å². The van der Waals surface area contributed by atoms with E-state index in [1.807, 2.05) is 6.92 Å². The second-order valence-corrected chi connectivity index (χ2v) is 3.95. The van der Waals surface area contributed by atoms with Gasteiger partial charge in [0.15, 0.2) is 0 Å². The van der Waals surface area contributed by atoms with Crippen LogP contribution in [0.1, 0.15) is 19.8 Å². The Kier molecular flexibility index (Phi) is 3.40. The van der Waals surface area contributed by atoms with Gasteiger partial charge in [-0.1, -0.05) is 0 Å². The van der Waals surface area contributed by atoms with Crippen molar-refractivity contribution in [2.24, 2.45) is 0 Å². The molecule has 0 radical (unpaired) electrons. The summed E-state index contributed by atoms with van der Waals surface area (Å²) in [5, 5.41) is 12.3. The summed E-state index contributed by atoms with van der Waals surface area (Å²) in [4.78, 5) is 11.8. The van der Waals surface area contributed by atoms with Crippen LogP contribution in [0.3, 0.4) is 0 Å². The standard InChI is InChI=1S/C9H13ClN4O2/c1-2-16-9-13-7(10)12-8(14-9)11-5-3-6(15)4-5/h5-6,15H,2-4H2,1H3,(H,11,12,13,14). The van der Waals surface area contributed by atoms with Crippen LogP contribution in [0.15, 0.2) is 0 Å². The number of aliphatic hydroxyl groups is 1. The lowest BCUT2D eigenvalue weighted by Gasteiger charge is -2.31. The van der Waals surface area contributed by atoms with Crippen LogP contribution in [0.2, 0.25) is 5.28 Å². The second-order valence-electron chi connectivity index (χ2n) is 3.61. The molecule has 1 aromatic rings. The molecule has 0 amide bonds. The molecule has 16 heavy (non-hydrogen) atoms. The molecule has 7 heteroatoms. The molecule has 1 aliphatic carbocycles. The fourth-order valence-corrected chi connectivity index (χ4v) is 1.63. The van der Waals surface area contributed by atoms with Crippen molar-refractivity contribution in [1.29, 1.82) is 0 Å². The summed E-state index contributed by atoms with van der Waals surface area (Å²) in [6.45, 7) is 2.31. The van der Waals surface area contributed by atoms with Gasteiger partial charge in [-0.25, -0.2) is 0 Å². The van der Waals surface area contributed by atoms with Crippen LogP contribution in [0.5, 0.6) is 6.01 Å². The van der Waals surface area contributed by atoms with Gasteiger partial charge in [0, 0.05) is 6.04 Å². The predicted molar refractivity (Wildman–Crippen MR) is 58.7 cm³/mol. The first-order chi connectivity index (χ1) is 7.67. The quantitative estimate of drug-likeness (QED) is 0.818. The SMILES string of the molecule is CCOc1nc(Cl)nc(NC2CC(O)C2)n1. The number of ether oxygens (including phenoxy) is 1. The summed E-state index contributed by atoms with van der Waals surface area (Å²) < 4.78 is 5.15.